The molecule has 0 saturated heterocycles. The second-order valence-corrected chi connectivity index (χ2v) is 4.53. The van der Waals surface area contributed by atoms with Crippen LogP contribution in [0.1, 0.15) is 40.0 Å². The molecular weight excluding hydrogens is 258 g/mol. The summed E-state index contributed by atoms with van der Waals surface area (Å²) < 4.78 is 10.1. The molecule has 0 fully saturated rings. The summed E-state index contributed by atoms with van der Waals surface area (Å²) in [5.41, 5.74) is 1.69. The molecule has 0 aromatic rings. The first-order valence-electron chi connectivity index (χ1n) is 6.72. The van der Waals surface area contributed by atoms with Gasteiger partial charge in [-0.25, -0.2) is 0 Å². The molecule has 110 valence electrons. The Kier molecular flexibility index (Phi) is 6.70. The Balaban J connectivity index is 2.62. The minimum Gasteiger partial charge on any atom is -0.466 e. The van der Waals surface area contributed by atoms with Crippen molar-refractivity contribution in [2.45, 2.75) is 40.0 Å². The number of rotatable bonds is 6. The van der Waals surface area contributed by atoms with E-state index in [1.54, 1.807) is 13.8 Å². The quantitative estimate of drug-likeness (QED) is 0.426. The Bertz CT molecular complexity index is 460. The highest BCUT2D eigenvalue weighted by molar-refractivity contribution is 5.97. The zero-order valence-corrected chi connectivity index (χ0v) is 12.3. The summed E-state index contributed by atoms with van der Waals surface area (Å²) >= 11 is 0. The van der Waals surface area contributed by atoms with E-state index in [0.717, 1.165) is 12.0 Å². The summed E-state index contributed by atoms with van der Waals surface area (Å²) in [7, 11) is 0. The molecule has 0 aromatic heterocycles. The van der Waals surface area contributed by atoms with Gasteiger partial charge in [0.05, 0.1) is 19.6 Å². The molecule has 0 N–H and O–H groups in total. The second-order valence-electron chi connectivity index (χ2n) is 4.53. The highest BCUT2D eigenvalue weighted by Gasteiger charge is 2.12. The standard InChI is InChI=1S/C15H21NO4/c1-4-19-15(18)9-11(2)16-10-13-7-5-6-8-14(13)20-12(3)17/h5-6H,4,7-10H2,1-3H3. The molecule has 0 spiro atoms. The summed E-state index contributed by atoms with van der Waals surface area (Å²) in [4.78, 5) is 26.7. The fourth-order valence-corrected chi connectivity index (χ4v) is 1.82. The Morgan fingerprint density at radius 1 is 1.25 bits per heavy atom. The van der Waals surface area contributed by atoms with Crippen molar-refractivity contribution in [2.75, 3.05) is 13.2 Å². The van der Waals surface area contributed by atoms with Crippen LogP contribution < -0.4 is 0 Å². The number of aliphatic imine (C=N–C) groups is 1. The highest BCUT2D eigenvalue weighted by Crippen LogP contribution is 2.21. The normalized spacial score (nSPS) is 15.2. The van der Waals surface area contributed by atoms with Gasteiger partial charge in [0.1, 0.15) is 5.76 Å². The largest absolute Gasteiger partial charge is 0.466 e. The lowest BCUT2D eigenvalue weighted by molar-refractivity contribution is -0.141. The van der Waals surface area contributed by atoms with Crippen LogP contribution in [0.3, 0.4) is 0 Å². The van der Waals surface area contributed by atoms with E-state index in [1.165, 1.54) is 6.92 Å². The summed E-state index contributed by atoms with van der Waals surface area (Å²) in [6.07, 6.45) is 5.52. The molecule has 0 aromatic carbocycles. The van der Waals surface area contributed by atoms with Crippen molar-refractivity contribution < 1.29 is 19.1 Å². The lowest BCUT2D eigenvalue weighted by Gasteiger charge is -2.14. The number of carbonyl (C=O) groups is 2. The van der Waals surface area contributed by atoms with Gasteiger partial charge in [0.25, 0.3) is 0 Å². The van der Waals surface area contributed by atoms with Crippen LogP contribution in [-0.2, 0) is 19.1 Å². The van der Waals surface area contributed by atoms with Crippen LogP contribution in [0.5, 0.6) is 0 Å². The minimum absolute atomic E-state index is 0.194. The average Bonchev–Trinajstić information content (AvgIpc) is 2.37. The number of hydrogen-bond acceptors (Lipinski definition) is 5. The Morgan fingerprint density at radius 3 is 2.60 bits per heavy atom. The second kappa shape index (κ2) is 8.30. The van der Waals surface area contributed by atoms with Gasteiger partial charge in [-0.2, -0.15) is 0 Å². The molecule has 5 heteroatoms. The van der Waals surface area contributed by atoms with Gasteiger partial charge in [0, 0.05) is 19.1 Å². The highest BCUT2D eigenvalue weighted by atomic mass is 16.5. The Morgan fingerprint density at radius 2 is 1.95 bits per heavy atom. The predicted octanol–water partition coefficient (Wildman–Crippen LogP) is 2.57. The third-order valence-corrected chi connectivity index (χ3v) is 2.74. The third-order valence-electron chi connectivity index (χ3n) is 2.74. The molecule has 0 heterocycles. The molecule has 1 aliphatic rings. The first-order chi connectivity index (χ1) is 9.52. The van der Waals surface area contributed by atoms with E-state index in [2.05, 4.69) is 4.99 Å². The van der Waals surface area contributed by atoms with E-state index in [-0.39, 0.29) is 18.4 Å². The van der Waals surface area contributed by atoms with Gasteiger partial charge in [-0.15, -0.1) is 0 Å². The molecule has 0 bridgehead atoms. The summed E-state index contributed by atoms with van der Waals surface area (Å²) in [5.74, 6) is 0.0826. The monoisotopic (exact) mass is 279 g/mol. The van der Waals surface area contributed by atoms with E-state index in [4.69, 9.17) is 9.47 Å². The molecule has 0 atom stereocenters. The first-order valence-corrected chi connectivity index (χ1v) is 6.72. The zero-order chi connectivity index (χ0) is 15.0. The topological polar surface area (TPSA) is 65.0 Å². The minimum atomic E-state index is -0.319. The van der Waals surface area contributed by atoms with E-state index in [9.17, 15) is 9.59 Å². The SMILES string of the molecule is CCOC(=O)CC(C)=NCC1=C(OC(C)=O)CC=CC1. The van der Waals surface area contributed by atoms with Gasteiger partial charge in [-0.1, -0.05) is 12.2 Å². The van der Waals surface area contributed by atoms with Crippen molar-refractivity contribution in [3.05, 3.63) is 23.5 Å². The van der Waals surface area contributed by atoms with Gasteiger partial charge in [0.2, 0.25) is 0 Å². The fourth-order valence-electron chi connectivity index (χ4n) is 1.82. The summed E-state index contributed by atoms with van der Waals surface area (Å²) in [5, 5.41) is 0. The number of carbonyl (C=O) groups excluding carboxylic acids is 2. The smallest absolute Gasteiger partial charge is 0.311 e. The Labute approximate surface area is 119 Å². The number of allylic oxidation sites excluding steroid dienone is 2. The zero-order valence-electron chi connectivity index (χ0n) is 12.3. The maximum atomic E-state index is 11.3. The Hall–Kier alpha value is -1.91. The lowest BCUT2D eigenvalue weighted by Crippen LogP contribution is -2.10. The van der Waals surface area contributed by atoms with E-state index in [0.29, 0.717) is 31.0 Å². The molecule has 0 radical (unpaired) electrons. The number of esters is 2. The molecule has 1 rings (SSSR count). The number of ether oxygens (including phenoxy) is 2. The van der Waals surface area contributed by atoms with E-state index < -0.39 is 0 Å². The maximum absolute atomic E-state index is 11.3. The summed E-state index contributed by atoms with van der Waals surface area (Å²) in [6, 6.07) is 0. The predicted molar refractivity (Wildman–Crippen MR) is 76.4 cm³/mol. The van der Waals surface area contributed by atoms with E-state index >= 15 is 0 Å². The van der Waals surface area contributed by atoms with Crippen molar-refractivity contribution in [3.63, 3.8) is 0 Å². The van der Waals surface area contributed by atoms with Crippen molar-refractivity contribution in [1.29, 1.82) is 0 Å². The maximum Gasteiger partial charge on any atom is 0.311 e. The molecule has 5 nitrogen and oxygen atoms in total. The van der Waals surface area contributed by atoms with Gasteiger partial charge in [-0.3, -0.25) is 14.6 Å². The van der Waals surface area contributed by atoms with Gasteiger partial charge in [-0.05, 0) is 25.8 Å². The molecule has 0 aliphatic heterocycles. The molecular formula is C15H21NO4. The van der Waals surface area contributed by atoms with Crippen LogP contribution in [0.25, 0.3) is 0 Å². The molecule has 1 aliphatic carbocycles. The lowest BCUT2D eigenvalue weighted by atomic mass is 10.0. The van der Waals surface area contributed by atoms with Crippen LogP contribution in [0.4, 0.5) is 0 Å². The summed E-state index contributed by atoms with van der Waals surface area (Å²) in [6.45, 7) is 5.77. The van der Waals surface area contributed by atoms with Crippen LogP contribution in [0.2, 0.25) is 0 Å². The van der Waals surface area contributed by atoms with Gasteiger partial charge >= 0.3 is 11.9 Å². The average molecular weight is 279 g/mol. The van der Waals surface area contributed by atoms with Crippen LogP contribution in [-0.4, -0.2) is 30.8 Å². The molecule has 0 amide bonds. The van der Waals surface area contributed by atoms with Crippen LogP contribution in [0.15, 0.2) is 28.5 Å². The van der Waals surface area contributed by atoms with Crippen molar-refractivity contribution in [1.82, 2.24) is 0 Å². The van der Waals surface area contributed by atoms with Crippen LogP contribution in [0, 0.1) is 0 Å². The number of hydrogen-bond donors (Lipinski definition) is 0. The van der Waals surface area contributed by atoms with Crippen molar-refractivity contribution in [2.24, 2.45) is 4.99 Å². The third kappa shape index (κ3) is 5.82. The van der Waals surface area contributed by atoms with Crippen LogP contribution >= 0.6 is 0 Å². The molecule has 0 unspecified atom stereocenters. The van der Waals surface area contributed by atoms with Gasteiger partial charge in [0.15, 0.2) is 0 Å². The molecule has 0 saturated carbocycles. The van der Waals surface area contributed by atoms with Gasteiger partial charge < -0.3 is 9.47 Å². The fraction of sp³-hybridized carbons (Fsp3) is 0.533. The van der Waals surface area contributed by atoms with E-state index in [1.807, 2.05) is 12.2 Å². The number of nitrogens with zero attached hydrogens (tertiary/aromatic N) is 1. The van der Waals surface area contributed by atoms with Crippen molar-refractivity contribution >= 4 is 17.7 Å². The first kappa shape index (κ1) is 16.1. The molecule has 20 heavy (non-hydrogen) atoms. The van der Waals surface area contributed by atoms with Crippen molar-refractivity contribution in [3.8, 4) is 0 Å².